The fourth-order valence-electron chi connectivity index (χ4n) is 2.70. The van der Waals surface area contributed by atoms with Crippen LogP contribution in [0.2, 0.25) is 0 Å². The second kappa shape index (κ2) is 7.48. The van der Waals surface area contributed by atoms with Crippen LogP contribution in [0.25, 0.3) is 0 Å². The van der Waals surface area contributed by atoms with E-state index in [0.29, 0.717) is 17.1 Å². The molecule has 20 heavy (non-hydrogen) atoms. The van der Waals surface area contributed by atoms with Crippen LogP contribution in [0.5, 0.6) is 0 Å². The summed E-state index contributed by atoms with van der Waals surface area (Å²) in [5.74, 6) is -0.941. The van der Waals surface area contributed by atoms with Gasteiger partial charge in [-0.2, -0.15) is 0 Å². The Morgan fingerprint density at radius 3 is 2.95 bits per heavy atom. The van der Waals surface area contributed by atoms with Crippen molar-refractivity contribution in [3.63, 3.8) is 0 Å². The van der Waals surface area contributed by atoms with E-state index >= 15 is 0 Å². The van der Waals surface area contributed by atoms with Crippen molar-refractivity contribution in [3.8, 4) is 0 Å². The van der Waals surface area contributed by atoms with E-state index in [-0.39, 0.29) is 5.56 Å². The van der Waals surface area contributed by atoms with Gasteiger partial charge in [-0.05, 0) is 54.0 Å². The smallest absolute Gasteiger partial charge is 0.144 e. The summed E-state index contributed by atoms with van der Waals surface area (Å²) in [6.07, 6.45) is 3.22. The molecule has 1 aromatic carbocycles. The van der Waals surface area contributed by atoms with Crippen LogP contribution >= 0.6 is 15.9 Å². The van der Waals surface area contributed by atoms with E-state index in [1.165, 1.54) is 12.1 Å². The number of hydrogen-bond donors (Lipinski definition) is 1. The average molecular weight is 347 g/mol. The zero-order valence-electron chi connectivity index (χ0n) is 11.8. The van der Waals surface area contributed by atoms with Crippen LogP contribution in [-0.2, 0) is 6.54 Å². The van der Waals surface area contributed by atoms with Crippen LogP contribution < -0.4 is 5.32 Å². The lowest BCUT2D eigenvalue weighted by molar-refractivity contribution is 0.247. The maximum absolute atomic E-state index is 14.0. The molecule has 0 aliphatic carbocycles. The van der Waals surface area contributed by atoms with E-state index in [1.54, 1.807) is 0 Å². The molecule has 5 heteroatoms. The first-order chi connectivity index (χ1) is 9.61. The second-order valence-electron chi connectivity index (χ2n) is 5.35. The molecule has 0 spiro atoms. The third-order valence-electron chi connectivity index (χ3n) is 3.72. The van der Waals surface area contributed by atoms with Crippen molar-refractivity contribution in [3.05, 3.63) is 33.8 Å². The van der Waals surface area contributed by atoms with Gasteiger partial charge in [0.1, 0.15) is 11.6 Å². The van der Waals surface area contributed by atoms with Crippen molar-refractivity contribution in [2.75, 3.05) is 19.6 Å². The molecule has 0 saturated carbocycles. The van der Waals surface area contributed by atoms with Gasteiger partial charge < -0.3 is 5.32 Å². The van der Waals surface area contributed by atoms with Gasteiger partial charge in [-0.15, -0.1) is 0 Å². The Labute approximate surface area is 127 Å². The summed E-state index contributed by atoms with van der Waals surface area (Å²) in [6.45, 7) is 5.19. The second-order valence-corrected chi connectivity index (χ2v) is 6.20. The Balaban J connectivity index is 2.10. The quantitative estimate of drug-likeness (QED) is 0.836. The number of hydrogen-bond acceptors (Lipinski definition) is 2. The lowest BCUT2D eigenvalue weighted by Gasteiger charge is -2.24. The fourth-order valence-corrected chi connectivity index (χ4v) is 3.07. The summed E-state index contributed by atoms with van der Waals surface area (Å²) < 4.78 is 28.2. The first kappa shape index (κ1) is 15.9. The number of halogens is 3. The predicted octanol–water partition coefficient (Wildman–Crippen LogP) is 3.69. The average Bonchev–Trinajstić information content (AvgIpc) is 2.65. The van der Waals surface area contributed by atoms with Crippen LogP contribution in [0, 0.1) is 11.6 Å². The van der Waals surface area contributed by atoms with Crippen molar-refractivity contribution in [2.45, 2.75) is 38.8 Å². The van der Waals surface area contributed by atoms with Crippen molar-refractivity contribution in [1.82, 2.24) is 10.2 Å². The van der Waals surface area contributed by atoms with Crippen molar-refractivity contribution >= 4 is 15.9 Å². The topological polar surface area (TPSA) is 15.3 Å². The highest BCUT2D eigenvalue weighted by atomic mass is 79.9. The minimum atomic E-state index is -0.478. The van der Waals surface area contributed by atoms with E-state index < -0.39 is 11.6 Å². The summed E-state index contributed by atoms with van der Waals surface area (Å²) in [6, 6.07) is 3.15. The highest BCUT2D eigenvalue weighted by molar-refractivity contribution is 9.10. The molecule has 1 unspecified atom stereocenters. The van der Waals surface area contributed by atoms with Gasteiger partial charge in [0.05, 0.1) is 4.47 Å². The minimum absolute atomic E-state index is 0.163. The molecule has 1 fully saturated rings. The summed E-state index contributed by atoms with van der Waals surface area (Å²) in [4.78, 5) is 2.15. The molecule has 1 aliphatic heterocycles. The predicted molar refractivity (Wildman–Crippen MR) is 80.7 cm³/mol. The van der Waals surface area contributed by atoms with Crippen molar-refractivity contribution in [1.29, 1.82) is 0 Å². The van der Waals surface area contributed by atoms with Crippen LogP contribution in [0.4, 0.5) is 8.78 Å². The Hall–Kier alpha value is -0.520. The van der Waals surface area contributed by atoms with Gasteiger partial charge in [0.25, 0.3) is 0 Å². The van der Waals surface area contributed by atoms with E-state index in [4.69, 9.17) is 0 Å². The molecule has 112 valence electrons. The molecule has 1 atom stereocenters. The molecule has 1 saturated heterocycles. The van der Waals surface area contributed by atoms with Gasteiger partial charge >= 0.3 is 0 Å². The molecule has 0 aromatic heterocycles. The van der Waals surface area contributed by atoms with Crippen LogP contribution in [0.1, 0.15) is 31.7 Å². The number of benzene rings is 1. The molecular formula is C15H21BrF2N2. The SMILES string of the molecule is CCCC1CN(Cc2c(F)ccc(Br)c2F)CCCN1. The Kier molecular flexibility index (Phi) is 5.93. The Morgan fingerprint density at radius 1 is 1.40 bits per heavy atom. The highest BCUT2D eigenvalue weighted by Crippen LogP contribution is 2.23. The first-order valence-electron chi connectivity index (χ1n) is 7.20. The summed E-state index contributed by atoms with van der Waals surface area (Å²) in [5, 5.41) is 3.50. The van der Waals surface area contributed by atoms with Crippen LogP contribution in [0.3, 0.4) is 0 Å². The molecule has 0 radical (unpaired) electrons. The van der Waals surface area contributed by atoms with E-state index in [2.05, 4.69) is 33.1 Å². The number of rotatable bonds is 4. The molecule has 1 heterocycles. The summed E-state index contributed by atoms with van der Waals surface area (Å²) >= 11 is 3.12. The molecule has 2 rings (SSSR count). The first-order valence-corrected chi connectivity index (χ1v) is 7.99. The number of nitrogens with one attached hydrogen (secondary N) is 1. The molecule has 1 N–H and O–H groups in total. The molecule has 1 aliphatic rings. The van der Waals surface area contributed by atoms with E-state index in [1.807, 2.05) is 0 Å². The number of nitrogens with zero attached hydrogens (tertiary/aromatic N) is 1. The van der Waals surface area contributed by atoms with Gasteiger partial charge in [-0.1, -0.05) is 13.3 Å². The maximum atomic E-state index is 14.0. The zero-order valence-corrected chi connectivity index (χ0v) is 13.3. The Bertz CT molecular complexity index is 454. The van der Waals surface area contributed by atoms with Gasteiger partial charge in [-0.25, -0.2) is 8.78 Å². The largest absolute Gasteiger partial charge is 0.313 e. The van der Waals surface area contributed by atoms with Crippen molar-refractivity contribution < 1.29 is 8.78 Å². The standard InChI is InChI=1S/C15H21BrF2N2/c1-2-4-11-9-20(8-3-7-19-11)10-12-14(17)6-5-13(16)15(12)18/h5-6,11,19H,2-4,7-10H2,1H3. The molecular weight excluding hydrogens is 326 g/mol. The van der Waals surface area contributed by atoms with Gasteiger partial charge in [-0.3, -0.25) is 4.90 Å². The lowest BCUT2D eigenvalue weighted by Crippen LogP contribution is -2.37. The van der Waals surface area contributed by atoms with Gasteiger partial charge in [0, 0.05) is 24.7 Å². The molecule has 0 bridgehead atoms. The maximum Gasteiger partial charge on any atom is 0.144 e. The van der Waals surface area contributed by atoms with Crippen LogP contribution in [-0.4, -0.2) is 30.6 Å². The van der Waals surface area contributed by atoms with Crippen molar-refractivity contribution in [2.24, 2.45) is 0 Å². The monoisotopic (exact) mass is 346 g/mol. The van der Waals surface area contributed by atoms with Gasteiger partial charge in [0.2, 0.25) is 0 Å². The van der Waals surface area contributed by atoms with Gasteiger partial charge in [0.15, 0.2) is 0 Å². The van der Waals surface area contributed by atoms with E-state index in [0.717, 1.165) is 38.9 Å². The lowest BCUT2D eigenvalue weighted by atomic mass is 10.1. The fraction of sp³-hybridized carbons (Fsp3) is 0.600. The summed E-state index contributed by atoms with van der Waals surface area (Å²) in [5.41, 5.74) is 0.163. The molecule has 1 aromatic rings. The van der Waals surface area contributed by atoms with Crippen LogP contribution in [0.15, 0.2) is 16.6 Å². The zero-order chi connectivity index (χ0) is 14.5. The minimum Gasteiger partial charge on any atom is -0.313 e. The molecule has 0 amide bonds. The van der Waals surface area contributed by atoms with E-state index in [9.17, 15) is 8.78 Å². The Morgan fingerprint density at radius 2 is 2.20 bits per heavy atom. The third kappa shape index (κ3) is 3.99. The third-order valence-corrected chi connectivity index (χ3v) is 4.33. The molecule has 2 nitrogen and oxygen atoms in total. The summed E-state index contributed by atoms with van der Waals surface area (Å²) in [7, 11) is 0. The highest BCUT2D eigenvalue weighted by Gasteiger charge is 2.20. The normalized spacial score (nSPS) is 20.9.